The molecule has 0 radical (unpaired) electrons. The highest BCUT2D eigenvalue weighted by atomic mass is 16.0. The van der Waals surface area contributed by atoms with E-state index in [4.69, 9.17) is 5.73 Å². The van der Waals surface area contributed by atoms with Crippen LogP contribution >= 0.6 is 0 Å². The lowest BCUT2D eigenvalue weighted by molar-refractivity contribution is 0.441. The lowest BCUT2D eigenvalue weighted by Gasteiger charge is -2.15. The van der Waals surface area contributed by atoms with Gasteiger partial charge in [-0.05, 0) is 12.8 Å². The third kappa shape index (κ3) is 5.79. The molecule has 0 atom stereocenters. The molecule has 0 saturated heterocycles. The monoisotopic (exact) mass is 145 g/mol. The first kappa shape index (κ1) is 12.3. The second-order valence-corrected chi connectivity index (χ2v) is 2.40. The highest BCUT2D eigenvalue weighted by Gasteiger charge is 2.06. The Kier molecular flexibility index (Phi) is 10.7. The van der Waals surface area contributed by atoms with Gasteiger partial charge in [-0.1, -0.05) is 19.3 Å². The van der Waals surface area contributed by atoms with Crippen LogP contribution in [0.1, 0.15) is 32.1 Å². The average Bonchev–Trinajstić information content (AvgIpc) is 1.94. The van der Waals surface area contributed by atoms with Crippen molar-refractivity contribution < 1.29 is 5.48 Å². The molecule has 1 saturated carbocycles. The third-order valence-corrected chi connectivity index (χ3v) is 1.65. The minimum atomic E-state index is 0. The molecule has 0 amide bonds. The normalized spacial score (nSPS) is 18.1. The van der Waals surface area contributed by atoms with Crippen LogP contribution in [0.25, 0.3) is 0 Å². The maximum absolute atomic E-state index is 5.63. The highest BCUT2D eigenvalue weighted by Crippen LogP contribution is 2.14. The van der Waals surface area contributed by atoms with Gasteiger partial charge in [-0.25, -0.2) is 0 Å². The van der Waals surface area contributed by atoms with Gasteiger partial charge in [0.2, 0.25) is 0 Å². The van der Waals surface area contributed by atoms with E-state index in [1.54, 1.807) is 0 Å². The first-order valence-electron chi connectivity index (χ1n) is 3.65. The summed E-state index contributed by atoms with van der Waals surface area (Å²) in [6.07, 6.45) is 6.66. The Bertz CT molecular complexity index is 60.3. The van der Waals surface area contributed by atoms with Crippen LogP contribution < -0.4 is 5.73 Å². The molecule has 62 valence electrons. The largest absolute Gasteiger partial charge is 0.412 e. The Morgan fingerprint density at radius 3 is 1.60 bits per heavy atom. The van der Waals surface area contributed by atoms with Crippen molar-refractivity contribution in [3.63, 3.8) is 0 Å². The quantitative estimate of drug-likeness (QED) is 0.512. The molecule has 0 unspecified atom stereocenters. The first-order valence-corrected chi connectivity index (χ1v) is 3.65. The second kappa shape index (κ2) is 8.66. The highest BCUT2D eigenvalue weighted by molar-refractivity contribution is 4.66. The molecule has 0 heterocycles. The fourth-order valence-electron chi connectivity index (χ4n) is 1.13. The summed E-state index contributed by atoms with van der Waals surface area (Å²) in [5.74, 6) is 0. The maximum atomic E-state index is 5.63. The van der Waals surface area contributed by atoms with E-state index in [1.807, 2.05) is 0 Å². The van der Waals surface area contributed by atoms with Gasteiger partial charge >= 0.3 is 0 Å². The van der Waals surface area contributed by atoms with E-state index in [0.29, 0.717) is 6.04 Å². The fourth-order valence-corrected chi connectivity index (χ4v) is 1.13. The van der Waals surface area contributed by atoms with Crippen molar-refractivity contribution in [2.45, 2.75) is 38.1 Å². The smallest absolute Gasteiger partial charge is 0.00388 e. The summed E-state index contributed by atoms with van der Waals surface area (Å²) < 4.78 is 0. The minimum Gasteiger partial charge on any atom is -0.412 e. The number of hydrogen-bond donors (Lipinski definition) is 1. The second-order valence-electron chi connectivity index (χ2n) is 2.40. The van der Waals surface area contributed by atoms with Crippen LogP contribution in [0.15, 0.2) is 13.2 Å². The molecule has 4 N–H and O–H groups in total. The lowest BCUT2D eigenvalue weighted by atomic mass is 9.97. The summed E-state index contributed by atoms with van der Waals surface area (Å²) in [6, 6.07) is 0.536. The molecule has 1 aliphatic rings. The maximum Gasteiger partial charge on any atom is 0.00388 e. The summed E-state index contributed by atoms with van der Waals surface area (Å²) in [5, 5.41) is 0. The molecule has 1 aliphatic carbocycles. The van der Waals surface area contributed by atoms with E-state index >= 15 is 0 Å². The Labute approximate surface area is 63.4 Å². The molecular formula is C8H19NO. The summed E-state index contributed by atoms with van der Waals surface area (Å²) in [4.78, 5) is 0. The van der Waals surface area contributed by atoms with E-state index in [2.05, 4.69) is 13.2 Å². The van der Waals surface area contributed by atoms with Gasteiger partial charge in [-0.2, -0.15) is 0 Å². The van der Waals surface area contributed by atoms with Crippen LogP contribution in [0.2, 0.25) is 0 Å². The van der Waals surface area contributed by atoms with E-state index in [9.17, 15) is 0 Å². The van der Waals surface area contributed by atoms with Crippen molar-refractivity contribution in [1.82, 2.24) is 0 Å². The van der Waals surface area contributed by atoms with E-state index in [0.717, 1.165) is 0 Å². The van der Waals surface area contributed by atoms with Gasteiger partial charge in [0.15, 0.2) is 0 Å². The van der Waals surface area contributed by atoms with Gasteiger partial charge in [0.1, 0.15) is 0 Å². The summed E-state index contributed by atoms with van der Waals surface area (Å²) in [7, 11) is 0. The average molecular weight is 145 g/mol. The molecule has 0 aromatic rings. The SMILES string of the molecule is C=C.NC1CCCCC1.O. The molecule has 2 nitrogen and oxygen atoms in total. The number of nitrogens with two attached hydrogens (primary N) is 1. The Morgan fingerprint density at radius 2 is 1.40 bits per heavy atom. The van der Waals surface area contributed by atoms with Crippen LogP contribution in [0.3, 0.4) is 0 Å². The van der Waals surface area contributed by atoms with Crippen molar-refractivity contribution in [2.75, 3.05) is 0 Å². The Hall–Kier alpha value is -0.340. The van der Waals surface area contributed by atoms with E-state index < -0.39 is 0 Å². The topological polar surface area (TPSA) is 57.5 Å². The molecule has 1 fully saturated rings. The zero-order chi connectivity index (χ0) is 7.11. The number of rotatable bonds is 0. The minimum absolute atomic E-state index is 0. The van der Waals surface area contributed by atoms with Gasteiger partial charge in [0, 0.05) is 6.04 Å². The molecule has 0 aromatic heterocycles. The van der Waals surface area contributed by atoms with Gasteiger partial charge in [0.05, 0.1) is 0 Å². The fraction of sp³-hybridized carbons (Fsp3) is 0.750. The first-order chi connectivity index (χ1) is 4.39. The van der Waals surface area contributed by atoms with Crippen molar-refractivity contribution in [3.8, 4) is 0 Å². The van der Waals surface area contributed by atoms with E-state index in [1.165, 1.54) is 32.1 Å². The van der Waals surface area contributed by atoms with Crippen molar-refractivity contribution >= 4 is 0 Å². The number of hydrogen-bond acceptors (Lipinski definition) is 1. The summed E-state index contributed by atoms with van der Waals surface area (Å²) in [6.45, 7) is 6.00. The van der Waals surface area contributed by atoms with Crippen molar-refractivity contribution in [2.24, 2.45) is 5.73 Å². The zero-order valence-electron chi connectivity index (χ0n) is 6.60. The standard InChI is InChI=1S/C6H13N.C2H4.H2O/c7-6-4-2-1-3-5-6;1-2;/h6H,1-5,7H2;1-2H2;1H2. The predicted octanol–water partition coefficient (Wildman–Crippen LogP) is 1.26. The molecule has 0 aliphatic heterocycles. The predicted molar refractivity (Wildman–Crippen MR) is 45.9 cm³/mol. The lowest BCUT2D eigenvalue weighted by Crippen LogP contribution is -2.22. The Balaban J connectivity index is 0. The molecule has 0 spiro atoms. The van der Waals surface area contributed by atoms with Crippen LogP contribution in [0, 0.1) is 0 Å². The van der Waals surface area contributed by atoms with Crippen molar-refractivity contribution in [1.29, 1.82) is 0 Å². The van der Waals surface area contributed by atoms with Crippen LogP contribution in [-0.2, 0) is 0 Å². The van der Waals surface area contributed by atoms with Crippen LogP contribution in [0.5, 0.6) is 0 Å². The summed E-state index contributed by atoms with van der Waals surface area (Å²) >= 11 is 0. The van der Waals surface area contributed by atoms with Gasteiger partial charge in [-0.3, -0.25) is 0 Å². The Morgan fingerprint density at radius 1 is 1.00 bits per heavy atom. The molecule has 2 heteroatoms. The van der Waals surface area contributed by atoms with Crippen LogP contribution in [0.4, 0.5) is 0 Å². The molecular weight excluding hydrogens is 126 g/mol. The zero-order valence-corrected chi connectivity index (χ0v) is 6.60. The molecule has 0 aromatic carbocycles. The van der Waals surface area contributed by atoms with E-state index in [-0.39, 0.29) is 5.48 Å². The third-order valence-electron chi connectivity index (χ3n) is 1.65. The van der Waals surface area contributed by atoms with Gasteiger partial charge in [-0.15, -0.1) is 13.2 Å². The molecule has 1 rings (SSSR count). The van der Waals surface area contributed by atoms with Crippen molar-refractivity contribution in [3.05, 3.63) is 13.2 Å². The molecule has 0 bridgehead atoms. The molecule has 10 heavy (non-hydrogen) atoms. The summed E-state index contributed by atoms with van der Waals surface area (Å²) in [5.41, 5.74) is 5.63. The van der Waals surface area contributed by atoms with Crippen LogP contribution in [-0.4, -0.2) is 11.5 Å². The van der Waals surface area contributed by atoms with Gasteiger partial charge in [0.25, 0.3) is 0 Å². The van der Waals surface area contributed by atoms with Gasteiger partial charge < -0.3 is 11.2 Å².